The summed E-state index contributed by atoms with van der Waals surface area (Å²) in [4.78, 5) is 11.8. The molecule has 1 amide bonds. The van der Waals surface area contributed by atoms with Crippen molar-refractivity contribution in [3.8, 4) is 0 Å². The number of nitrogens with zero attached hydrogens (tertiary/aromatic N) is 1. The molecule has 1 N–H and O–H groups in total. The number of hydrogen-bond donors (Lipinski definition) is 1. The van der Waals surface area contributed by atoms with Crippen LogP contribution in [0.1, 0.15) is 24.3 Å². The van der Waals surface area contributed by atoms with Gasteiger partial charge in [-0.25, -0.2) is 0 Å². The summed E-state index contributed by atoms with van der Waals surface area (Å²) in [5.41, 5.74) is 0.275. The van der Waals surface area contributed by atoms with Crippen molar-refractivity contribution in [3.05, 3.63) is 22.4 Å². The van der Waals surface area contributed by atoms with E-state index in [4.69, 9.17) is 4.74 Å². The number of nitrogens with one attached hydrogen (secondary N) is 1. The van der Waals surface area contributed by atoms with Crippen LogP contribution in [0.5, 0.6) is 0 Å². The number of carbonyl (C=O) groups excluding carboxylic acids is 1. The summed E-state index contributed by atoms with van der Waals surface area (Å²) in [6.07, 6.45) is 1.84. The summed E-state index contributed by atoms with van der Waals surface area (Å²) < 4.78 is 7.90. The molecule has 0 saturated carbocycles. The number of aryl methyl sites for hydroxylation is 1. The molecule has 0 aliphatic rings. The van der Waals surface area contributed by atoms with Crippen LogP contribution < -0.4 is 5.32 Å². The SMILES string of the molecule is COC(C)(C)CNC(=O)c1cc(Br)cn1C. The van der Waals surface area contributed by atoms with Gasteiger partial charge in [-0.15, -0.1) is 0 Å². The van der Waals surface area contributed by atoms with Crippen molar-refractivity contribution in [2.24, 2.45) is 7.05 Å². The summed E-state index contributed by atoms with van der Waals surface area (Å²) in [6.45, 7) is 4.33. The summed E-state index contributed by atoms with van der Waals surface area (Å²) in [5.74, 6) is -0.0988. The first-order valence-electron chi connectivity index (χ1n) is 5.01. The number of amides is 1. The molecule has 0 radical (unpaired) electrons. The first-order chi connectivity index (χ1) is 7.35. The van der Waals surface area contributed by atoms with Crippen LogP contribution in [-0.2, 0) is 11.8 Å². The Kier molecular flexibility index (Phi) is 4.15. The predicted octanol–water partition coefficient (Wildman–Crippen LogP) is 1.94. The van der Waals surface area contributed by atoms with Crippen LogP contribution >= 0.6 is 15.9 Å². The molecule has 0 aromatic carbocycles. The average molecular weight is 289 g/mol. The maximum absolute atomic E-state index is 11.8. The minimum absolute atomic E-state index is 0.0988. The fraction of sp³-hybridized carbons (Fsp3) is 0.545. The third-order valence-electron chi connectivity index (χ3n) is 2.43. The van der Waals surface area contributed by atoms with E-state index in [2.05, 4.69) is 21.2 Å². The van der Waals surface area contributed by atoms with Gasteiger partial charge in [0.2, 0.25) is 0 Å². The van der Waals surface area contributed by atoms with Gasteiger partial charge in [-0.3, -0.25) is 4.79 Å². The maximum atomic E-state index is 11.8. The van der Waals surface area contributed by atoms with E-state index in [1.54, 1.807) is 17.7 Å². The normalized spacial score (nSPS) is 11.6. The van der Waals surface area contributed by atoms with E-state index >= 15 is 0 Å². The molecular weight excluding hydrogens is 272 g/mol. The zero-order valence-corrected chi connectivity index (χ0v) is 11.6. The molecule has 0 fully saturated rings. The topological polar surface area (TPSA) is 43.3 Å². The lowest BCUT2D eigenvalue weighted by Gasteiger charge is -2.23. The number of hydrogen-bond acceptors (Lipinski definition) is 2. The number of rotatable bonds is 4. The number of halogens is 1. The Morgan fingerprint density at radius 1 is 1.62 bits per heavy atom. The Hall–Kier alpha value is -0.810. The van der Waals surface area contributed by atoms with Crippen molar-refractivity contribution in [1.82, 2.24) is 9.88 Å². The molecule has 1 aromatic heterocycles. The van der Waals surface area contributed by atoms with Crippen molar-refractivity contribution >= 4 is 21.8 Å². The standard InChI is InChI=1S/C11H17BrN2O2/c1-11(2,16-4)7-13-10(15)9-5-8(12)6-14(9)3/h5-6H,7H2,1-4H3,(H,13,15). The molecule has 0 aliphatic carbocycles. The van der Waals surface area contributed by atoms with Gasteiger partial charge in [0.1, 0.15) is 5.69 Å². The summed E-state index contributed by atoms with van der Waals surface area (Å²) in [5, 5.41) is 2.84. The van der Waals surface area contributed by atoms with Crippen molar-refractivity contribution in [2.75, 3.05) is 13.7 Å². The van der Waals surface area contributed by atoms with Gasteiger partial charge in [-0.2, -0.15) is 0 Å². The van der Waals surface area contributed by atoms with Gasteiger partial charge in [-0.1, -0.05) is 0 Å². The fourth-order valence-corrected chi connectivity index (χ4v) is 1.73. The van der Waals surface area contributed by atoms with Gasteiger partial charge < -0.3 is 14.6 Å². The molecule has 0 aliphatic heterocycles. The van der Waals surface area contributed by atoms with Crippen LogP contribution in [0.15, 0.2) is 16.7 Å². The summed E-state index contributed by atoms with van der Waals surface area (Å²) in [7, 11) is 3.46. The molecule has 4 nitrogen and oxygen atoms in total. The van der Waals surface area contributed by atoms with Gasteiger partial charge >= 0.3 is 0 Å². The Labute approximate surface area is 104 Å². The fourth-order valence-electron chi connectivity index (χ4n) is 1.21. The monoisotopic (exact) mass is 288 g/mol. The van der Waals surface area contributed by atoms with Gasteiger partial charge in [0.15, 0.2) is 0 Å². The van der Waals surface area contributed by atoms with Crippen LogP contribution in [0.2, 0.25) is 0 Å². The third-order valence-corrected chi connectivity index (χ3v) is 2.87. The molecular formula is C11H17BrN2O2. The lowest BCUT2D eigenvalue weighted by atomic mass is 10.1. The molecule has 90 valence electrons. The second-order valence-corrected chi connectivity index (χ2v) is 5.22. The minimum Gasteiger partial charge on any atom is -0.377 e. The molecule has 0 bridgehead atoms. The zero-order chi connectivity index (χ0) is 12.3. The van der Waals surface area contributed by atoms with Crippen LogP contribution in [0.3, 0.4) is 0 Å². The van der Waals surface area contributed by atoms with E-state index in [0.29, 0.717) is 12.2 Å². The Morgan fingerprint density at radius 2 is 2.25 bits per heavy atom. The smallest absolute Gasteiger partial charge is 0.268 e. The number of carbonyl (C=O) groups is 1. The average Bonchev–Trinajstić information content (AvgIpc) is 2.54. The molecule has 1 rings (SSSR count). The van der Waals surface area contributed by atoms with Crippen molar-refractivity contribution in [1.29, 1.82) is 0 Å². The number of aromatic nitrogens is 1. The maximum Gasteiger partial charge on any atom is 0.268 e. The van der Waals surface area contributed by atoms with Crippen LogP contribution in [0, 0.1) is 0 Å². The highest BCUT2D eigenvalue weighted by Crippen LogP contribution is 2.13. The third kappa shape index (κ3) is 3.35. The summed E-state index contributed by atoms with van der Waals surface area (Å²) in [6, 6.07) is 1.79. The lowest BCUT2D eigenvalue weighted by molar-refractivity contribution is 0.0228. The van der Waals surface area contributed by atoms with Gasteiger partial charge in [0, 0.05) is 31.4 Å². The first-order valence-corrected chi connectivity index (χ1v) is 5.80. The van der Waals surface area contributed by atoms with Gasteiger partial charge in [0.05, 0.1) is 5.60 Å². The van der Waals surface area contributed by atoms with E-state index in [-0.39, 0.29) is 11.5 Å². The van der Waals surface area contributed by atoms with E-state index in [9.17, 15) is 4.79 Å². The number of ether oxygens (including phenoxy) is 1. The Balaban J connectivity index is 2.63. The van der Waals surface area contributed by atoms with Crippen LogP contribution in [0.25, 0.3) is 0 Å². The van der Waals surface area contributed by atoms with E-state index in [1.165, 1.54) is 0 Å². The Morgan fingerprint density at radius 3 is 2.69 bits per heavy atom. The van der Waals surface area contributed by atoms with E-state index in [0.717, 1.165) is 4.47 Å². The molecule has 1 heterocycles. The highest BCUT2D eigenvalue weighted by atomic mass is 79.9. The second-order valence-electron chi connectivity index (χ2n) is 4.30. The van der Waals surface area contributed by atoms with Crippen molar-refractivity contribution < 1.29 is 9.53 Å². The molecule has 0 atom stereocenters. The Bertz CT molecular complexity index is 385. The molecule has 5 heteroatoms. The predicted molar refractivity (Wildman–Crippen MR) is 66.5 cm³/mol. The largest absolute Gasteiger partial charge is 0.377 e. The molecule has 1 aromatic rings. The quantitative estimate of drug-likeness (QED) is 0.920. The van der Waals surface area contributed by atoms with Gasteiger partial charge in [-0.05, 0) is 35.8 Å². The molecule has 16 heavy (non-hydrogen) atoms. The highest BCUT2D eigenvalue weighted by molar-refractivity contribution is 9.10. The van der Waals surface area contributed by atoms with E-state index < -0.39 is 0 Å². The zero-order valence-electron chi connectivity index (χ0n) is 10.0. The lowest BCUT2D eigenvalue weighted by Crippen LogP contribution is -2.40. The second kappa shape index (κ2) is 5.01. The molecule has 0 spiro atoms. The molecule has 0 saturated heterocycles. The molecule has 0 unspecified atom stereocenters. The number of methoxy groups -OCH3 is 1. The van der Waals surface area contributed by atoms with E-state index in [1.807, 2.05) is 27.1 Å². The first kappa shape index (κ1) is 13.3. The minimum atomic E-state index is -0.349. The summed E-state index contributed by atoms with van der Waals surface area (Å²) >= 11 is 3.33. The van der Waals surface area contributed by atoms with Crippen molar-refractivity contribution in [2.45, 2.75) is 19.4 Å². The van der Waals surface area contributed by atoms with Gasteiger partial charge in [0.25, 0.3) is 5.91 Å². The van der Waals surface area contributed by atoms with Crippen LogP contribution in [-0.4, -0.2) is 29.7 Å². The van der Waals surface area contributed by atoms with Crippen LogP contribution in [0.4, 0.5) is 0 Å². The highest BCUT2D eigenvalue weighted by Gasteiger charge is 2.19. The van der Waals surface area contributed by atoms with Crippen molar-refractivity contribution in [3.63, 3.8) is 0 Å².